The van der Waals surface area contributed by atoms with E-state index < -0.39 is 0 Å². The number of ether oxygens (including phenoxy) is 2. The average Bonchev–Trinajstić information content (AvgIpc) is 3.21. The van der Waals surface area contributed by atoms with Gasteiger partial charge in [-0.15, -0.1) is 0 Å². The number of methoxy groups -OCH3 is 1. The Morgan fingerprint density at radius 3 is 2.91 bits per heavy atom. The van der Waals surface area contributed by atoms with Crippen LogP contribution in [0, 0.1) is 11.3 Å². The van der Waals surface area contributed by atoms with Crippen molar-refractivity contribution in [3.05, 3.63) is 28.8 Å². The molecule has 3 aliphatic rings. The van der Waals surface area contributed by atoms with Crippen LogP contribution in [-0.2, 0) is 11.2 Å². The zero-order valence-corrected chi connectivity index (χ0v) is 14.6. The van der Waals surface area contributed by atoms with Crippen LogP contribution in [0.4, 0.5) is 0 Å². The molecule has 3 fully saturated rings. The molecule has 3 atom stereocenters. The standard InChI is InChI=1S/C19H26ClNO2/c1-22-14-5-4-13(16(20)12-14)6-10-21-17-15-7-11-23-18(15)19(17)8-2-3-9-19/h4-5,12,15,17-18,21H,2-3,6-11H2,1H3/t15-,17-,18+/m1/s1. The SMILES string of the molecule is COc1ccc(CCN[C@@H]2[C@H]3CCO[C@@H]3C23CCCC3)c(Cl)c1. The highest BCUT2D eigenvalue weighted by molar-refractivity contribution is 6.31. The minimum absolute atomic E-state index is 0.435. The minimum Gasteiger partial charge on any atom is -0.497 e. The summed E-state index contributed by atoms with van der Waals surface area (Å²) >= 11 is 6.35. The summed E-state index contributed by atoms with van der Waals surface area (Å²) in [6.07, 6.45) is 8.15. The molecule has 1 aromatic carbocycles. The lowest BCUT2D eigenvalue weighted by molar-refractivity contribution is -0.130. The van der Waals surface area contributed by atoms with Crippen molar-refractivity contribution in [1.29, 1.82) is 0 Å². The summed E-state index contributed by atoms with van der Waals surface area (Å²) in [6, 6.07) is 6.62. The van der Waals surface area contributed by atoms with E-state index in [1.807, 2.05) is 12.1 Å². The molecule has 0 amide bonds. The largest absolute Gasteiger partial charge is 0.497 e. The van der Waals surface area contributed by atoms with Gasteiger partial charge in [-0.25, -0.2) is 0 Å². The van der Waals surface area contributed by atoms with Crippen molar-refractivity contribution in [2.24, 2.45) is 11.3 Å². The Balaban J connectivity index is 1.37. The molecule has 1 spiro atoms. The predicted octanol–water partition coefficient (Wildman–Crippen LogP) is 3.83. The van der Waals surface area contributed by atoms with Crippen LogP contribution in [0.5, 0.6) is 5.75 Å². The van der Waals surface area contributed by atoms with E-state index >= 15 is 0 Å². The topological polar surface area (TPSA) is 30.5 Å². The van der Waals surface area contributed by atoms with Gasteiger partial charge in [0.1, 0.15) is 5.75 Å². The predicted molar refractivity (Wildman–Crippen MR) is 92.2 cm³/mol. The van der Waals surface area contributed by atoms with Gasteiger partial charge < -0.3 is 14.8 Å². The van der Waals surface area contributed by atoms with E-state index in [1.165, 1.54) is 37.7 Å². The van der Waals surface area contributed by atoms with Crippen LogP contribution < -0.4 is 10.1 Å². The number of halogens is 1. The highest BCUT2D eigenvalue weighted by Gasteiger charge is 2.64. The summed E-state index contributed by atoms with van der Waals surface area (Å²) in [5.74, 6) is 1.56. The van der Waals surface area contributed by atoms with Crippen LogP contribution in [-0.4, -0.2) is 32.4 Å². The van der Waals surface area contributed by atoms with Gasteiger partial charge in [-0.2, -0.15) is 0 Å². The molecule has 1 aromatic rings. The zero-order chi connectivity index (χ0) is 15.9. The van der Waals surface area contributed by atoms with Gasteiger partial charge in [0.05, 0.1) is 13.2 Å². The van der Waals surface area contributed by atoms with E-state index in [4.69, 9.17) is 21.1 Å². The van der Waals surface area contributed by atoms with Crippen LogP contribution in [0.3, 0.4) is 0 Å². The third-order valence-electron chi connectivity index (χ3n) is 6.30. The van der Waals surface area contributed by atoms with Gasteiger partial charge in [-0.1, -0.05) is 30.5 Å². The fourth-order valence-electron chi connectivity index (χ4n) is 5.23. The quantitative estimate of drug-likeness (QED) is 0.887. The summed E-state index contributed by atoms with van der Waals surface area (Å²) in [5.41, 5.74) is 1.63. The summed E-state index contributed by atoms with van der Waals surface area (Å²) < 4.78 is 11.3. The maximum Gasteiger partial charge on any atom is 0.120 e. The second kappa shape index (κ2) is 6.27. The Labute approximate surface area is 143 Å². The van der Waals surface area contributed by atoms with E-state index in [2.05, 4.69) is 11.4 Å². The molecular weight excluding hydrogens is 310 g/mol. The van der Waals surface area contributed by atoms with Gasteiger partial charge in [0, 0.05) is 29.0 Å². The molecule has 1 N–H and O–H groups in total. The Bertz CT molecular complexity index is 570. The van der Waals surface area contributed by atoms with Gasteiger partial charge >= 0.3 is 0 Å². The zero-order valence-electron chi connectivity index (χ0n) is 13.8. The monoisotopic (exact) mass is 335 g/mol. The minimum atomic E-state index is 0.435. The Morgan fingerprint density at radius 1 is 1.35 bits per heavy atom. The molecule has 0 unspecified atom stereocenters. The van der Waals surface area contributed by atoms with E-state index in [0.717, 1.165) is 36.3 Å². The van der Waals surface area contributed by atoms with E-state index in [-0.39, 0.29) is 0 Å². The first-order valence-corrected chi connectivity index (χ1v) is 9.30. The molecule has 0 aromatic heterocycles. The average molecular weight is 336 g/mol. The highest BCUT2D eigenvalue weighted by atomic mass is 35.5. The number of fused-ring (bicyclic) bond motifs is 2. The van der Waals surface area contributed by atoms with Crippen molar-refractivity contribution < 1.29 is 9.47 Å². The molecule has 126 valence electrons. The van der Waals surface area contributed by atoms with Crippen molar-refractivity contribution in [2.75, 3.05) is 20.3 Å². The molecule has 1 heterocycles. The van der Waals surface area contributed by atoms with Gasteiger partial charge in [0.2, 0.25) is 0 Å². The fraction of sp³-hybridized carbons (Fsp3) is 0.684. The third-order valence-corrected chi connectivity index (χ3v) is 6.66. The number of hydrogen-bond acceptors (Lipinski definition) is 3. The molecule has 1 saturated heterocycles. The second-order valence-corrected chi connectivity index (χ2v) is 7.73. The molecular formula is C19H26ClNO2. The van der Waals surface area contributed by atoms with Crippen molar-refractivity contribution in [3.63, 3.8) is 0 Å². The number of nitrogens with one attached hydrogen (secondary N) is 1. The lowest BCUT2D eigenvalue weighted by Crippen LogP contribution is -2.67. The number of benzene rings is 1. The Kier molecular flexibility index (Phi) is 4.29. The molecule has 0 radical (unpaired) electrons. The smallest absolute Gasteiger partial charge is 0.120 e. The molecule has 0 bridgehead atoms. The van der Waals surface area contributed by atoms with Crippen LogP contribution in [0.1, 0.15) is 37.7 Å². The summed E-state index contributed by atoms with van der Waals surface area (Å²) in [6.45, 7) is 1.95. The molecule has 3 nitrogen and oxygen atoms in total. The van der Waals surface area contributed by atoms with Crippen molar-refractivity contribution in [2.45, 2.75) is 50.7 Å². The van der Waals surface area contributed by atoms with E-state index in [0.29, 0.717) is 17.6 Å². The van der Waals surface area contributed by atoms with Gasteiger partial charge in [-0.05, 0) is 49.9 Å². The van der Waals surface area contributed by atoms with Crippen LogP contribution >= 0.6 is 11.6 Å². The fourth-order valence-corrected chi connectivity index (χ4v) is 5.49. The van der Waals surface area contributed by atoms with Crippen molar-refractivity contribution >= 4 is 11.6 Å². The lowest BCUT2D eigenvalue weighted by atomic mass is 9.54. The summed E-state index contributed by atoms with van der Waals surface area (Å²) in [7, 11) is 1.67. The number of rotatable bonds is 5. The second-order valence-electron chi connectivity index (χ2n) is 7.32. The summed E-state index contributed by atoms with van der Waals surface area (Å²) in [5, 5.41) is 4.66. The van der Waals surface area contributed by atoms with Crippen molar-refractivity contribution in [1.82, 2.24) is 5.32 Å². The molecule has 2 saturated carbocycles. The van der Waals surface area contributed by atoms with Gasteiger partial charge in [0.15, 0.2) is 0 Å². The maximum absolute atomic E-state index is 6.35. The molecule has 4 heteroatoms. The molecule has 1 aliphatic heterocycles. The number of hydrogen-bond donors (Lipinski definition) is 1. The Hall–Kier alpha value is -0.770. The normalized spacial score (nSPS) is 31.1. The van der Waals surface area contributed by atoms with Crippen LogP contribution in [0.2, 0.25) is 5.02 Å². The van der Waals surface area contributed by atoms with Crippen LogP contribution in [0.25, 0.3) is 0 Å². The summed E-state index contributed by atoms with van der Waals surface area (Å²) in [4.78, 5) is 0. The first-order valence-electron chi connectivity index (χ1n) is 8.92. The lowest BCUT2D eigenvalue weighted by Gasteiger charge is -2.57. The molecule has 2 aliphatic carbocycles. The third kappa shape index (κ3) is 2.57. The first kappa shape index (κ1) is 15.7. The molecule has 23 heavy (non-hydrogen) atoms. The Morgan fingerprint density at radius 2 is 2.17 bits per heavy atom. The van der Waals surface area contributed by atoms with Gasteiger partial charge in [-0.3, -0.25) is 0 Å². The van der Waals surface area contributed by atoms with Crippen molar-refractivity contribution in [3.8, 4) is 5.75 Å². The highest BCUT2D eigenvalue weighted by Crippen LogP contribution is 2.60. The van der Waals surface area contributed by atoms with E-state index in [9.17, 15) is 0 Å². The van der Waals surface area contributed by atoms with E-state index in [1.54, 1.807) is 7.11 Å². The molecule has 4 rings (SSSR count). The first-order chi connectivity index (χ1) is 11.2. The van der Waals surface area contributed by atoms with Crippen LogP contribution in [0.15, 0.2) is 18.2 Å². The maximum atomic E-state index is 6.35. The van der Waals surface area contributed by atoms with Gasteiger partial charge in [0.25, 0.3) is 0 Å².